The van der Waals surface area contributed by atoms with E-state index in [9.17, 15) is 0 Å². The van der Waals surface area contributed by atoms with Crippen molar-refractivity contribution in [1.29, 1.82) is 0 Å². The Morgan fingerprint density at radius 2 is 0.897 bits per heavy atom. The van der Waals surface area contributed by atoms with E-state index in [1.54, 1.807) is 0 Å². The van der Waals surface area contributed by atoms with Gasteiger partial charge in [0, 0.05) is 49.5 Å². The fourth-order valence-electron chi connectivity index (χ4n) is 6.13. The summed E-state index contributed by atoms with van der Waals surface area (Å²) in [4.78, 5) is 0. The van der Waals surface area contributed by atoms with Gasteiger partial charge in [0.1, 0.15) is 0 Å². The number of aryl methyl sites for hydroxylation is 2. The lowest BCUT2D eigenvalue weighted by Gasteiger charge is -2.24. The molecule has 7 aromatic carbocycles. The van der Waals surface area contributed by atoms with Crippen LogP contribution in [0.15, 0.2) is 101 Å². The van der Waals surface area contributed by atoms with Gasteiger partial charge in [-0.3, -0.25) is 0 Å². The van der Waals surface area contributed by atoms with Gasteiger partial charge in [-0.25, -0.2) is 0 Å². The molecule has 0 heterocycles. The topological polar surface area (TPSA) is 0 Å². The van der Waals surface area contributed by atoms with E-state index in [0.717, 1.165) is 22.4 Å². The number of fused-ring (bicyclic) bond motifs is 2. The van der Waals surface area contributed by atoms with Crippen molar-refractivity contribution in [3.8, 4) is 22.3 Å². The molecule has 7 rings (SSSR count). The molecule has 0 spiro atoms. The zero-order valence-corrected chi connectivity index (χ0v) is 28.8. The van der Waals surface area contributed by atoms with Crippen LogP contribution in [-0.4, -0.2) is 0 Å². The Balaban J connectivity index is 1.79. The van der Waals surface area contributed by atoms with Gasteiger partial charge >= 0.3 is 0 Å². The van der Waals surface area contributed by atoms with Crippen molar-refractivity contribution in [3.63, 3.8) is 0 Å². The third-order valence-electron chi connectivity index (χ3n) is 7.89. The standard InChI is InChI=1S/C34H19Br5/c1-16-8-3-5-10-18(16)20-14-15-23-24-21(20)12-7-13-22(24)26-28-27(23)32(37)34(39)33(38)29(28)25(30(35)31(26)36)19-11-6-4-9-17(19)2/h3-15H,1-2H3. The quantitative estimate of drug-likeness (QED) is 0.0925. The number of benzene rings is 7. The number of hydrogen-bond acceptors (Lipinski definition) is 0. The highest BCUT2D eigenvalue weighted by Gasteiger charge is 2.27. The molecule has 39 heavy (non-hydrogen) atoms. The van der Waals surface area contributed by atoms with Gasteiger partial charge in [-0.05, 0) is 143 Å². The molecule has 0 unspecified atom stereocenters. The molecular formula is C34H19Br5. The molecule has 0 N–H and O–H groups in total. The van der Waals surface area contributed by atoms with E-state index in [1.165, 1.54) is 76.5 Å². The summed E-state index contributed by atoms with van der Waals surface area (Å²) in [6.45, 7) is 4.36. The molecule has 0 aliphatic rings. The fraction of sp³-hybridized carbons (Fsp3) is 0.0588. The molecule has 0 saturated heterocycles. The van der Waals surface area contributed by atoms with Crippen molar-refractivity contribution in [2.45, 2.75) is 13.8 Å². The maximum Gasteiger partial charge on any atom is 0.0472 e. The molecule has 0 fully saturated rings. The minimum atomic E-state index is 1.01. The van der Waals surface area contributed by atoms with Gasteiger partial charge in [0.2, 0.25) is 0 Å². The van der Waals surface area contributed by atoms with Crippen LogP contribution in [0.3, 0.4) is 0 Å². The van der Waals surface area contributed by atoms with Gasteiger partial charge in [-0.1, -0.05) is 78.9 Å². The highest BCUT2D eigenvalue weighted by Crippen LogP contribution is 2.56. The lowest BCUT2D eigenvalue weighted by molar-refractivity contribution is 1.46. The Kier molecular flexibility index (Phi) is 6.48. The molecular weight excluding hydrogens is 808 g/mol. The van der Waals surface area contributed by atoms with Crippen LogP contribution >= 0.6 is 79.6 Å². The van der Waals surface area contributed by atoms with Gasteiger partial charge in [0.15, 0.2) is 0 Å². The maximum absolute atomic E-state index is 4.07. The second kappa shape index (κ2) is 9.66. The van der Waals surface area contributed by atoms with E-state index in [4.69, 9.17) is 0 Å². The van der Waals surface area contributed by atoms with Crippen LogP contribution in [-0.2, 0) is 0 Å². The summed E-state index contributed by atoms with van der Waals surface area (Å²) in [7, 11) is 0. The molecule has 0 bridgehead atoms. The zero-order valence-electron chi connectivity index (χ0n) is 20.9. The lowest BCUT2D eigenvalue weighted by atomic mass is 9.84. The van der Waals surface area contributed by atoms with Crippen LogP contribution in [0.5, 0.6) is 0 Å². The molecule has 0 atom stereocenters. The van der Waals surface area contributed by atoms with E-state index in [2.05, 4.69) is 172 Å². The van der Waals surface area contributed by atoms with Crippen molar-refractivity contribution >= 4 is 123 Å². The van der Waals surface area contributed by atoms with Gasteiger partial charge < -0.3 is 0 Å². The summed E-state index contributed by atoms with van der Waals surface area (Å²) in [5, 5.41) is 9.84. The van der Waals surface area contributed by atoms with E-state index < -0.39 is 0 Å². The van der Waals surface area contributed by atoms with Crippen molar-refractivity contribution in [2.24, 2.45) is 0 Å². The molecule has 0 nitrogen and oxygen atoms in total. The van der Waals surface area contributed by atoms with Crippen LogP contribution in [0.1, 0.15) is 11.1 Å². The minimum absolute atomic E-state index is 1.01. The third-order valence-corrected chi connectivity index (χ3v) is 13.4. The molecule has 5 heteroatoms. The summed E-state index contributed by atoms with van der Waals surface area (Å²) < 4.78 is 5.21. The Morgan fingerprint density at radius 1 is 0.359 bits per heavy atom. The molecule has 0 radical (unpaired) electrons. The summed E-state index contributed by atoms with van der Waals surface area (Å²) in [6, 6.07) is 28.5. The molecule has 0 aromatic heterocycles. The number of hydrogen-bond donors (Lipinski definition) is 0. The fourth-order valence-corrected chi connectivity index (χ4v) is 9.22. The van der Waals surface area contributed by atoms with Crippen LogP contribution in [0.2, 0.25) is 0 Å². The minimum Gasteiger partial charge on any atom is -0.0620 e. The van der Waals surface area contributed by atoms with E-state index in [0.29, 0.717) is 0 Å². The summed E-state index contributed by atoms with van der Waals surface area (Å²) in [5.74, 6) is 0. The van der Waals surface area contributed by atoms with E-state index >= 15 is 0 Å². The second-order valence-corrected chi connectivity index (χ2v) is 13.9. The summed E-state index contributed by atoms with van der Waals surface area (Å²) in [6.07, 6.45) is 0. The lowest BCUT2D eigenvalue weighted by Crippen LogP contribution is -1.96. The van der Waals surface area contributed by atoms with Crippen molar-refractivity contribution in [2.75, 3.05) is 0 Å². The van der Waals surface area contributed by atoms with Crippen molar-refractivity contribution < 1.29 is 0 Å². The van der Waals surface area contributed by atoms with E-state index in [-0.39, 0.29) is 0 Å². The molecule has 0 amide bonds. The van der Waals surface area contributed by atoms with Gasteiger partial charge in [-0.2, -0.15) is 0 Å². The number of halogens is 5. The SMILES string of the molecule is Cc1ccccc1-c1ccc2c3c(Br)c(Br)c(Br)c4c(-c5ccccc5C)c(Br)c(Br)c(c5cccc1c25)c43. The van der Waals surface area contributed by atoms with Crippen LogP contribution in [0, 0.1) is 13.8 Å². The van der Waals surface area contributed by atoms with Gasteiger partial charge in [0.25, 0.3) is 0 Å². The first-order valence-corrected chi connectivity index (χ1v) is 16.5. The highest BCUT2D eigenvalue weighted by molar-refractivity contribution is 9.14. The zero-order chi connectivity index (χ0) is 27.2. The van der Waals surface area contributed by atoms with Crippen molar-refractivity contribution in [3.05, 3.63) is 112 Å². The normalized spacial score (nSPS) is 12.0. The summed E-state index contributed by atoms with van der Waals surface area (Å²) >= 11 is 20.1. The first kappa shape index (κ1) is 26.2. The molecule has 190 valence electrons. The predicted octanol–water partition coefficient (Wildman–Crippen LogP) is 13.5. The first-order chi connectivity index (χ1) is 18.8. The van der Waals surface area contributed by atoms with E-state index in [1.807, 2.05) is 0 Å². The average Bonchev–Trinajstić information content (AvgIpc) is 2.94. The molecule has 7 aromatic rings. The molecule has 0 saturated carbocycles. The van der Waals surface area contributed by atoms with Gasteiger partial charge in [0.05, 0.1) is 0 Å². The van der Waals surface area contributed by atoms with Crippen molar-refractivity contribution in [1.82, 2.24) is 0 Å². The van der Waals surface area contributed by atoms with Crippen LogP contribution in [0.4, 0.5) is 0 Å². The summed E-state index contributed by atoms with van der Waals surface area (Å²) in [5.41, 5.74) is 7.41. The Hall–Kier alpha value is -1.76. The molecule has 0 aliphatic carbocycles. The third kappa shape index (κ3) is 3.69. The Labute approximate surface area is 268 Å². The molecule has 0 aliphatic heterocycles. The van der Waals surface area contributed by atoms with Gasteiger partial charge in [-0.15, -0.1) is 0 Å². The Morgan fingerprint density at radius 3 is 1.56 bits per heavy atom. The second-order valence-electron chi connectivity index (χ2n) is 9.96. The highest BCUT2D eigenvalue weighted by atomic mass is 79.9. The monoisotopic (exact) mass is 822 g/mol. The van der Waals surface area contributed by atoms with Crippen LogP contribution in [0.25, 0.3) is 65.3 Å². The maximum atomic E-state index is 4.07. The van der Waals surface area contributed by atoms with Crippen LogP contribution < -0.4 is 0 Å². The smallest absolute Gasteiger partial charge is 0.0472 e. The largest absolute Gasteiger partial charge is 0.0620 e. The number of rotatable bonds is 2. The first-order valence-electron chi connectivity index (χ1n) is 12.5. The Bertz CT molecular complexity index is 2120. The average molecular weight is 827 g/mol. The predicted molar refractivity (Wildman–Crippen MR) is 186 cm³/mol.